The maximum Gasteiger partial charge on any atom is 0.226 e. The van der Waals surface area contributed by atoms with Gasteiger partial charge in [-0.2, -0.15) is 0 Å². The second-order valence-corrected chi connectivity index (χ2v) is 12.1. The molecular formula is C29H44N2O. The van der Waals surface area contributed by atoms with Crippen LogP contribution in [-0.2, 0) is 10.2 Å². The van der Waals surface area contributed by atoms with E-state index in [1.165, 1.54) is 50.5 Å². The van der Waals surface area contributed by atoms with E-state index in [0.717, 1.165) is 38.6 Å². The van der Waals surface area contributed by atoms with E-state index in [1.54, 1.807) is 0 Å². The van der Waals surface area contributed by atoms with Crippen LogP contribution in [0.5, 0.6) is 0 Å². The number of amides is 1. The number of nitrogens with one attached hydrogen (secondary N) is 1. The molecule has 3 N–H and O–H groups in total. The highest BCUT2D eigenvalue weighted by atomic mass is 16.2. The highest BCUT2D eigenvalue weighted by molar-refractivity contribution is 5.84. The van der Waals surface area contributed by atoms with Crippen molar-refractivity contribution in [2.75, 3.05) is 6.54 Å². The van der Waals surface area contributed by atoms with Crippen LogP contribution in [0.3, 0.4) is 0 Å². The molecule has 5 saturated carbocycles. The third-order valence-corrected chi connectivity index (χ3v) is 10.6. The Morgan fingerprint density at radius 3 is 2.22 bits per heavy atom. The van der Waals surface area contributed by atoms with Crippen molar-refractivity contribution in [1.82, 2.24) is 5.32 Å². The first-order valence-electron chi connectivity index (χ1n) is 13.6. The Hall–Kier alpha value is -1.35. The fourth-order valence-corrected chi connectivity index (χ4v) is 9.18. The predicted octanol–water partition coefficient (Wildman–Crippen LogP) is 5.96. The quantitative estimate of drug-likeness (QED) is 0.554. The molecule has 0 saturated heterocycles. The van der Waals surface area contributed by atoms with Gasteiger partial charge in [-0.1, -0.05) is 50.6 Å². The lowest BCUT2D eigenvalue weighted by atomic mass is 9.35. The van der Waals surface area contributed by atoms with Crippen molar-refractivity contribution in [3.05, 3.63) is 35.9 Å². The summed E-state index contributed by atoms with van der Waals surface area (Å²) in [6.07, 6.45) is 14.3. The Morgan fingerprint density at radius 2 is 1.66 bits per heavy atom. The van der Waals surface area contributed by atoms with E-state index in [1.807, 2.05) is 0 Å². The minimum absolute atomic E-state index is 0.154. The number of nitrogens with two attached hydrogens (primary N) is 1. The second-order valence-electron chi connectivity index (χ2n) is 12.1. The first kappa shape index (κ1) is 22.4. The zero-order valence-corrected chi connectivity index (χ0v) is 20.4. The van der Waals surface area contributed by atoms with Gasteiger partial charge < -0.3 is 11.1 Å². The van der Waals surface area contributed by atoms with Gasteiger partial charge in [-0.3, -0.25) is 4.79 Å². The molecule has 2 atom stereocenters. The standard InChI is InChI=1S/C29H44N2O/c1-3-14-29(4-2)23-15-27(22-8-6-5-7-9-22)16-24(29)18-28(17-23,20-27)26(32)31-25-12-10-21(19-30)11-13-25/h5-9,21,23-25H,3-4,10-20,30H2,1-2H3,(H,31,32). The predicted molar refractivity (Wildman–Crippen MR) is 131 cm³/mol. The van der Waals surface area contributed by atoms with Gasteiger partial charge in [-0.15, -0.1) is 0 Å². The van der Waals surface area contributed by atoms with Crippen molar-refractivity contribution in [1.29, 1.82) is 0 Å². The molecule has 0 aromatic heterocycles. The molecule has 2 unspecified atom stereocenters. The van der Waals surface area contributed by atoms with Crippen LogP contribution in [0.4, 0.5) is 0 Å². The van der Waals surface area contributed by atoms with E-state index >= 15 is 0 Å². The monoisotopic (exact) mass is 436 g/mol. The van der Waals surface area contributed by atoms with Gasteiger partial charge in [0.2, 0.25) is 5.91 Å². The summed E-state index contributed by atoms with van der Waals surface area (Å²) in [5.41, 5.74) is 7.90. The largest absolute Gasteiger partial charge is 0.353 e. The lowest BCUT2D eigenvalue weighted by molar-refractivity contribution is -0.182. The number of hydrogen-bond donors (Lipinski definition) is 2. The summed E-state index contributed by atoms with van der Waals surface area (Å²) in [4.78, 5) is 14.0. The van der Waals surface area contributed by atoms with Crippen LogP contribution in [0, 0.1) is 28.6 Å². The van der Waals surface area contributed by atoms with E-state index in [4.69, 9.17) is 5.73 Å². The molecule has 1 aromatic carbocycles. The number of carbonyl (C=O) groups is 1. The third-order valence-electron chi connectivity index (χ3n) is 10.6. The van der Waals surface area contributed by atoms with Crippen LogP contribution in [-0.4, -0.2) is 18.5 Å². The van der Waals surface area contributed by atoms with E-state index < -0.39 is 0 Å². The fraction of sp³-hybridized carbons (Fsp3) is 0.759. The molecule has 5 fully saturated rings. The first-order chi connectivity index (χ1) is 15.5. The van der Waals surface area contributed by atoms with Crippen LogP contribution >= 0.6 is 0 Å². The van der Waals surface area contributed by atoms with Gasteiger partial charge in [0.05, 0.1) is 5.41 Å². The van der Waals surface area contributed by atoms with Gasteiger partial charge in [-0.25, -0.2) is 0 Å². The molecule has 0 radical (unpaired) electrons. The first-order valence-corrected chi connectivity index (χ1v) is 13.6. The van der Waals surface area contributed by atoms with Gasteiger partial charge in [0.1, 0.15) is 0 Å². The highest BCUT2D eigenvalue weighted by Crippen LogP contribution is 2.73. The summed E-state index contributed by atoms with van der Waals surface area (Å²) in [5, 5.41) is 3.59. The molecule has 176 valence electrons. The molecule has 0 heterocycles. The molecule has 1 aromatic rings. The average Bonchev–Trinajstić information content (AvgIpc) is 2.82. The summed E-state index contributed by atoms with van der Waals surface area (Å²) >= 11 is 0. The summed E-state index contributed by atoms with van der Waals surface area (Å²) < 4.78 is 0. The maximum absolute atomic E-state index is 14.0. The van der Waals surface area contributed by atoms with Gasteiger partial charge >= 0.3 is 0 Å². The zero-order valence-electron chi connectivity index (χ0n) is 20.4. The third kappa shape index (κ3) is 3.45. The zero-order chi connectivity index (χ0) is 22.4. The summed E-state index contributed by atoms with van der Waals surface area (Å²) in [6, 6.07) is 11.6. The van der Waals surface area contributed by atoms with Gasteiger partial charge in [0, 0.05) is 6.04 Å². The van der Waals surface area contributed by atoms with Gasteiger partial charge in [-0.05, 0) is 111 Å². The Labute approximate surface area is 195 Å². The topological polar surface area (TPSA) is 55.1 Å². The Balaban J connectivity index is 1.44. The molecule has 5 aliphatic rings. The maximum atomic E-state index is 14.0. The highest BCUT2D eigenvalue weighted by Gasteiger charge is 2.67. The van der Waals surface area contributed by atoms with Crippen LogP contribution in [0.2, 0.25) is 0 Å². The van der Waals surface area contributed by atoms with Gasteiger partial charge in [0.25, 0.3) is 0 Å². The molecule has 5 aliphatic carbocycles. The van der Waals surface area contributed by atoms with Crippen molar-refractivity contribution in [3.8, 4) is 0 Å². The van der Waals surface area contributed by atoms with Crippen LogP contribution in [0.15, 0.2) is 30.3 Å². The molecule has 3 heteroatoms. The van der Waals surface area contributed by atoms with Crippen LogP contribution in [0.1, 0.15) is 96.5 Å². The van der Waals surface area contributed by atoms with Crippen molar-refractivity contribution >= 4 is 5.91 Å². The van der Waals surface area contributed by atoms with Crippen molar-refractivity contribution in [2.45, 2.75) is 102 Å². The van der Waals surface area contributed by atoms with Crippen LogP contribution < -0.4 is 11.1 Å². The number of hydrogen-bond acceptors (Lipinski definition) is 2. The normalized spacial score (nSPS) is 42.7. The second kappa shape index (κ2) is 8.46. The molecule has 4 bridgehead atoms. The van der Waals surface area contributed by atoms with Crippen LogP contribution in [0.25, 0.3) is 0 Å². The Kier molecular flexibility index (Phi) is 5.93. The van der Waals surface area contributed by atoms with Gasteiger partial charge in [0.15, 0.2) is 0 Å². The minimum atomic E-state index is -0.154. The molecule has 0 spiro atoms. The molecule has 32 heavy (non-hydrogen) atoms. The molecular weight excluding hydrogens is 392 g/mol. The molecule has 6 rings (SSSR count). The summed E-state index contributed by atoms with van der Waals surface area (Å²) in [5.74, 6) is 2.42. The average molecular weight is 437 g/mol. The summed E-state index contributed by atoms with van der Waals surface area (Å²) in [6.45, 7) is 5.58. The Morgan fingerprint density at radius 1 is 1.00 bits per heavy atom. The van der Waals surface area contributed by atoms with E-state index in [2.05, 4.69) is 49.5 Å². The van der Waals surface area contributed by atoms with E-state index in [0.29, 0.717) is 35.1 Å². The molecule has 0 aliphatic heterocycles. The number of benzene rings is 1. The van der Waals surface area contributed by atoms with E-state index in [9.17, 15) is 4.79 Å². The lowest BCUT2D eigenvalue weighted by Crippen LogP contribution is -2.65. The minimum Gasteiger partial charge on any atom is -0.353 e. The molecule has 1 amide bonds. The van der Waals surface area contributed by atoms with Crippen molar-refractivity contribution < 1.29 is 4.79 Å². The summed E-state index contributed by atoms with van der Waals surface area (Å²) in [7, 11) is 0. The number of carbonyl (C=O) groups excluding carboxylic acids is 1. The number of rotatable bonds is 7. The SMILES string of the molecule is CCCC1(CC)C2CC3(C(=O)NC4CCC(CN)CC4)CC1CC(c1ccccc1)(C2)C3. The molecule has 3 nitrogen and oxygen atoms in total. The van der Waals surface area contributed by atoms with E-state index in [-0.39, 0.29) is 10.8 Å². The fourth-order valence-electron chi connectivity index (χ4n) is 9.18. The Bertz CT molecular complexity index is 794. The lowest BCUT2D eigenvalue weighted by Gasteiger charge is -2.69. The van der Waals surface area contributed by atoms with Crippen molar-refractivity contribution in [3.63, 3.8) is 0 Å². The van der Waals surface area contributed by atoms with Crippen molar-refractivity contribution in [2.24, 2.45) is 34.3 Å². The smallest absolute Gasteiger partial charge is 0.226 e.